The normalized spacial score (nSPS) is 21.4. The van der Waals surface area contributed by atoms with Gasteiger partial charge in [-0.25, -0.2) is 0 Å². The number of carbonyl (C=O) groups is 1. The van der Waals surface area contributed by atoms with E-state index >= 15 is 0 Å². The largest absolute Gasteiger partial charge is 0.364 e. The molecular weight excluding hydrogens is 367 g/mol. The van der Waals surface area contributed by atoms with Gasteiger partial charge in [-0.1, -0.05) is 33.6 Å². The van der Waals surface area contributed by atoms with Gasteiger partial charge in [0, 0.05) is 22.6 Å². The number of hydrogen-bond donors (Lipinski definition) is 2. The second-order valence-electron chi connectivity index (χ2n) is 4.51. The molecule has 7 heteroatoms. The Labute approximate surface area is 137 Å². The van der Waals surface area contributed by atoms with Crippen LogP contribution in [0.25, 0.3) is 0 Å². The number of carbonyl (C=O) groups excluding carboxylic acids is 1. The van der Waals surface area contributed by atoms with Crippen molar-refractivity contribution in [3.63, 3.8) is 0 Å². The smallest absolute Gasteiger partial charge is 0.249 e. The third-order valence-electron chi connectivity index (χ3n) is 3.13. The first-order valence-electron chi connectivity index (χ1n) is 6.17. The van der Waals surface area contributed by atoms with E-state index in [2.05, 4.69) is 21.2 Å². The molecule has 1 fully saturated rings. The number of amides is 1. The molecule has 3 N–H and O–H groups in total. The number of nitrogens with one attached hydrogen (secondary N) is 1. The zero-order valence-electron chi connectivity index (χ0n) is 10.8. The minimum atomic E-state index is -0.386. The standard InChI is InChI=1S/C13H16BrClN2O2.ClH/c14-9-2-1-8(11(15)5-9)7-17-13(18)12-4-3-10(6-16)19-12;/h1-2,5,10,12H,3-4,6-7,16H2,(H,17,18);1H/t10-,12+;/m1./s1. The second-order valence-corrected chi connectivity index (χ2v) is 5.84. The van der Waals surface area contributed by atoms with Crippen LogP contribution in [0.4, 0.5) is 0 Å². The Morgan fingerprint density at radius 3 is 2.85 bits per heavy atom. The third-order valence-corrected chi connectivity index (χ3v) is 3.98. The summed E-state index contributed by atoms with van der Waals surface area (Å²) < 4.78 is 6.45. The lowest BCUT2D eigenvalue weighted by atomic mass is 10.2. The molecule has 1 amide bonds. The summed E-state index contributed by atoms with van der Waals surface area (Å²) in [6, 6.07) is 5.58. The van der Waals surface area contributed by atoms with Crippen LogP contribution in [0.2, 0.25) is 5.02 Å². The van der Waals surface area contributed by atoms with E-state index in [1.807, 2.05) is 12.1 Å². The van der Waals surface area contributed by atoms with Crippen molar-refractivity contribution in [2.24, 2.45) is 5.73 Å². The molecule has 1 aromatic carbocycles. The van der Waals surface area contributed by atoms with E-state index in [4.69, 9.17) is 22.1 Å². The fourth-order valence-corrected chi connectivity index (χ4v) is 2.77. The maximum atomic E-state index is 11.9. The quantitative estimate of drug-likeness (QED) is 0.839. The molecular formula is C13H17BrCl2N2O2. The van der Waals surface area contributed by atoms with Crippen LogP contribution < -0.4 is 11.1 Å². The Balaban J connectivity index is 0.00000200. The highest BCUT2D eigenvalue weighted by Crippen LogP contribution is 2.22. The van der Waals surface area contributed by atoms with Gasteiger partial charge in [-0.05, 0) is 30.5 Å². The minimum absolute atomic E-state index is 0. The molecule has 0 radical (unpaired) electrons. The van der Waals surface area contributed by atoms with Gasteiger partial charge in [-0.3, -0.25) is 4.79 Å². The summed E-state index contributed by atoms with van der Waals surface area (Å²) in [5.41, 5.74) is 6.40. The second kappa shape index (κ2) is 8.20. The van der Waals surface area contributed by atoms with Crippen LogP contribution in [0.5, 0.6) is 0 Å². The number of ether oxygens (including phenoxy) is 1. The Morgan fingerprint density at radius 2 is 2.25 bits per heavy atom. The van der Waals surface area contributed by atoms with Gasteiger partial charge in [0.05, 0.1) is 6.10 Å². The molecule has 1 aliphatic heterocycles. The van der Waals surface area contributed by atoms with Crippen molar-refractivity contribution in [1.82, 2.24) is 5.32 Å². The van der Waals surface area contributed by atoms with Gasteiger partial charge in [0.15, 0.2) is 0 Å². The van der Waals surface area contributed by atoms with Crippen LogP contribution in [0, 0.1) is 0 Å². The van der Waals surface area contributed by atoms with Crippen molar-refractivity contribution >= 4 is 45.8 Å². The maximum Gasteiger partial charge on any atom is 0.249 e. The molecule has 0 unspecified atom stereocenters. The summed E-state index contributed by atoms with van der Waals surface area (Å²) >= 11 is 9.43. The maximum absolute atomic E-state index is 11.9. The summed E-state index contributed by atoms with van der Waals surface area (Å²) in [7, 11) is 0. The molecule has 1 aromatic rings. The SMILES string of the molecule is Cl.NC[C@H]1CC[C@@H](C(=O)NCc2ccc(Br)cc2Cl)O1. The van der Waals surface area contributed by atoms with Gasteiger partial charge in [0.25, 0.3) is 0 Å². The molecule has 0 aliphatic carbocycles. The minimum Gasteiger partial charge on any atom is -0.364 e. The van der Waals surface area contributed by atoms with Crippen LogP contribution in [-0.2, 0) is 16.1 Å². The summed E-state index contributed by atoms with van der Waals surface area (Å²) in [5.74, 6) is -0.102. The lowest BCUT2D eigenvalue weighted by molar-refractivity contribution is -0.132. The lowest BCUT2D eigenvalue weighted by Gasteiger charge is -2.13. The van der Waals surface area contributed by atoms with Crippen molar-refractivity contribution in [2.45, 2.75) is 31.6 Å². The Morgan fingerprint density at radius 1 is 1.50 bits per heavy atom. The zero-order valence-corrected chi connectivity index (χ0v) is 13.9. The van der Waals surface area contributed by atoms with Gasteiger partial charge in [-0.2, -0.15) is 0 Å². The zero-order chi connectivity index (χ0) is 13.8. The van der Waals surface area contributed by atoms with Crippen molar-refractivity contribution in [1.29, 1.82) is 0 Å². The topological polar surface area (TPSA) is 64.4 Å². The van der Waals surface area contributed by atoms with E-state index in [0.29, 0.717) is 18.1 Å². The van der Waals surface area contributed by atoms with Crippen LogP contribution in [0.15, 0.2) is 22.7 Å². The van der Waals surface area contributed by atoms with Gasteiger partial charge in [0.1, 0.15) is 6.10 Å². The van der Waals surface area contributed by atoms with Crippen LogP contribution >= 0.6 is 39.9 Å². The average molecular weight is 384 g/mol. The predicted molar refractivity (Wildman–Crippen MR) is 85.2 cm³/mol. The molecule has 1 heterocycles. The molecule has 0 saturated carbocycles. The van der Waals surface area contributed by atoms with E-state index in [1.165, 1.54) is 0 Å². The number of nitrogens with two attached hydrogens (primary N) is 1. The Bertz CT molecular complexity index is 474. The fraction of sp³-hybridized carbons (Fsp3) is 0.462. The van der Waals surface area contributed by atoms with Gasteiger partial charge in [0.2, 0.25) is 5.91 Å². The van der Waals surface area contributed by atoms with E-state index in [9.17, 15) is 4.79 Å². The van der Waals surface area contributed by atoms with Crippen molar-refractivity contribution in [2.75, 3.05) is 6.54 Å². The molecule has 20 heavy (non-hydrogen) atoms. The molecule has 112 valence electrons. The number of benzene rings is 1. The number of halogens is 3. The van der Waals surface area contributed by atoms with Crippen LogP contribution in [0.3, 0.4) is 0 Å². The Hall–Kier alpha value is -0.330. The van der Waals surface area contributed by atoms with Crippen molar-refractivity contribution in [3.05, 3.63) is 33.3 Å². The molecule has 2 atom stereocenters. The monoisotopic (exact) mass is 382 g/mol. The number of rotatable bonds is 4. The van der Waals surface area contributed by atoms with E-state index in [0.717, 1.165) is 22.9 Å². The summed E-state index contributed by atoms with van der Waals surface area (Å²) in [5, 5.41) is 3.47. The average Bonchev–Trinajstić information content (AvgIpc) is 2.86. The first-order chi connectivity index (χ1) is 9.10. The number of hydrogen-bond acceptors (Lipinski definition) is 3. The summed E-state index contributed by atoms with van der Waals surface area (Å²) in [6.07, 6.45) is 1.19. The van der Waals surface area contributed by atoms with Gasteiger partial charge >= 0.3 is 0 Å². The highest BCUT2D eigenvalue weighted by atomic mass is 79.9. The van der Waals surface area contributed by atoms with Gasteiger partial charge < -0.3 is 15.8 Å². The molecule has 0 bridgehead atoms. The molecule has 1 aliphatic rings. The predicted octanol–water partition coefficient (Wildman–Crippen LogP) is 2.65. The fourth-order valence-electron chi connectivity index (χ4n) is 2.03. The summed E-state index contributed by atoms with van der Waals surface area (Å²) in [6.45, 7) is 0.862. The first kappa shape index (κ1) is 17.7. The van der Waals surface area contributed by atoms with E-state index < -0.39 is 0 Å². The highest BCUT2D eigenvalue weighted by Gasteiger charge is 2.29. The lowest BCUT2D eigenvalue weighted by Crippen LogP contribution is -2.35. The van der Waals surface area contributed by atoms with Crippen LogP contribution in [-0.4, -0.2) is 24.7 Å². The highest BCUT2D eigenvalue weighted by molar-refractivity contribution is 9.10. The van der Waals surface area contributed by atoms with E-state index in [1.54, 1.807) is 6.07 Å². The van der Waals surface area contributed by atoms with Crippen molar-refractivity contribution < 1.29 is 9.53 Å². The summed E-state index contributed by atoms with van der Waals surface area (Å²) in [4.78, 5) is 11.9. The van der Waals surface area contributed by atoms with E-state index in [-0.39, 0.29) is 30.5 Å². The molecule has 0 aromatic heterocycles. The van der Waals surface area contributed by atoms with Crippen LogP contribution in [0.1, 0.15) is 18.4 Å². The van der Waals surface area contributed by atoms with Crippen molar-refractivity contribution in [3.8, 4) is 0 Å². The third kappa shape index (κ3) is 4.60. The molecule has 0 spiro atoms. The molecule has 1 saturated heterocycles. The first-order valence-corrected chi connectivity index (χ1v) is 7.34. The Kier molecular flexibility index (Phi) is 7.26. The van der Waals surface area contributed by atoms with Gasteiger partial charge in [-0.15, -0.1) is 12.4 Å². The molecule has 2 rings (SSSR count). The molecule has 4 nitrogen and oxygen atoms in total.